The van der Waals surface area contributed by atoms with Crippen molar-refractivity contribution in [1.29, 1.82) is 0 Å². The predicted octanol–water partition coefficient (Wildman–Crippen LogP) is 4.02. The molecule has 1 heterocycles. The second-order valence-electron chi connectivity index (χ2n) is 8.18. The standard InChI is InChI=1S/C20H28O3/c1-13-6-5-10-20(4)18(23-20)17(22)15-8-7-14(2)19(3,11-9-13)16(15)12-21/h6,8,12,14,16,18H,5,7,9-11H2,1-4H3/b13-6+/t14-,16+,18-,19+,20-/m0/s1. The van der Waals surface area contributed by atoms with Gasteiger partial charge in [-0.25, -0.2) is 0 Å². The third-order valence-electron chi connectivity index (χ3n) is 6.60. The van der Waals surface area contributed by atoms with E-state index in [9.17, 15) is 9.59 Å². The zero-order valence-electron chi connectivity index (χ0n) is 14.7. The number of Topliss-reactive ketones (excluding diaryl/α,β-unsaturated/α-hetero) is 1. The Balaban J connectivity index is 2.01. The van der Waals surface area contributed by atoms with E-state index in [1.165, 1.54) is 5.57 Å². The molecule has 3 rings (SSSR count). The van der Waals surface area contributed by atoms with Crippen molar-refractivity contribution < 1.29 is 14.3 Å². The lowest BCUT2D eigenvalue weighted by Gasteiger charge is -2.44. The molecule has 23 heavy (non-hydrogen) atoms. The van der Waals surface area contributed by atoms with Gasteiger partial charge in [0.25, 0.3) is 0 Å². The average Bonchev–Trinajstić information content (AvgIpc) is 3.18. The van der Waals surface area contributed by atoms with Crippen LogP contribution in [0.2, 0.25) is 0 Å². The van der Waals surface area contributed by atoms with Gasteiger partial charge in [-0.2, -0.15) is 0 Å². The summed E-state index contributed by atoms with van der Waals surface area (Å²) < 4.78 is 5.77. The van der Waals surface area contributed by atoms with Crippen molar-refractivity contribution in [3.8, 4) is 0 Å². The van der Waals surface area contributed by atoms with Crippen molar-refractivity contribution in [2.45, 2.75) is 71.5 Å². The van der Waals surface area contributed by atoms with Crippen LogP contribution in [0.3, 0.4) is 0 Å². The molecule has 1 aliphatic heterocycles. The normalized spacial score (nSPS) is 46.4. The maximum Gasteiger partial charge on any atom is 0.190 e. The summed E-state index contributed by atoms with van der Waals surface area (Å²) in [6, 6.07) is 0. The number of carbonyl (C=O) groups is 2. The molecule has 3 nitrogen and oxygen atoms in total. The lowest BCUT2D eigenvalue weighted by molar-refractivity contribution is -0.122. The molecule has 0 aromatic carbocycles. The first-order valence-corrected chi connectivity index (χ1v) is 8.85. The molecule has 0 spiro atoms. The maximum atomic E-state index is 12.9. The summed E-state index contributed by atoms with van der Waals surface area (Å²) in [7, 11) is 0. The zero-order chi connectivity index (χ0) is 16.8. The molecule has 0 N–H and O–H groups in total. The van der Waals surface area contributed by atoms with E-state index < -0.39 is 0 Å². The quantitative estimate of drug-likeness (QED) is 0.417. The SMILES string of the molecule is C/C1=C\CC[C@]2(C)O[C@H]2C(=O)C2=CC[C@H](C)[C@@](C)(CC1)[C@@H]2C=O. The largest absolute Gasteiger partial charge is 0.358 e. The van der Waals surface area contributed by atoms with Gasteiger partial charge in [0.05, 0.1) is 0 Å². The van der Waals surface area contributed by atoms with Crippen molar-refractivity contribution in [2.75, 3.05) is 0 Å². The number of hydrogen-bond acceptors (Lipinski definition) is 3. The number of allylic oxidation sites excluding steroid dienone is 3. The molecule has 1 saturated heterocycles. The van der Waals surface area contributed by atoms with E-state index in [2.05, 4.69) is 26.8 Å². The predicted molar refractivity (Wildman–Crippen MR) is 90.0 cm³/mol. The van der Waals surface area contributed by atoms with Crippen LogP contribution >= 0.6 is 0 Å². The molecule has 0 aromatic rings. The van der Waals surface area contributed by atoms with Crippen LogP contribution in [0.1, 0.15) is 59.8 Å². The maximum absolute atomic E-state index is 12.9. The van der Waals surface area contributed by atoms with Gasteiger partial charge in [-0.3, -0.25) is 4.79 Å². The number of carbonyl (C=O) groups excluding carboxylic acids is 2. The highest BCUT2D eigenvalue weighted by molar-refractivity contribution is 6.04. The topological polar surface area (TPSA) is 46.7 Å². The van der Waals surface area contributed by atoms with Gasteiger partial charge in [0.15, 0.2) is 5.78 Å². The lowest BCUT2D eigenvalue weighted by atomic mass is 9.59. The fourth-order valence-electron chi connectivity index (χ4n) is 4.33. The van der Waals surface area contributed by atoms with E-state index in [1.807, 2.05) is 13.0 Å². The number of hydrogen-bond donors (Lipinski definition) is 0. The van der Waals surface area contributed by atoms with E-state index in [0.29, 0.717) is 11.5 Å². The number of ketones is 1. The van der Waals surface area contributed by atoms with E-state index in [-0.39, 0.29) is 28.8 Å². The lowest BCUT2D eigenvalue weighted by Crippen LogP contribution is -2.42. The van der Waals surface area contributed by atoms with Crippen LogP contribution in [0.15, 0.2) is 23.3 Å². The average molecular weight is 316 g/mol. The molecule has 2 aliphatic carbocycles. The minimum atomic E-state index is -0.359. The van der Waals surface area contributed by atoms with Gasteiger partial charge in [-0.1, -0.05) is 31.6 Å². The van der Waals surface area contributed by atoms with Gasteiger partial charge in [0.1, 0.15) is 18.0 Å². The Morgan fingerprint density at radius 2 is 2.00 bits per heavy atom. The first-order chi connectivity index (χ1) is 10.8. The molecule has 0 saturated carbocycles. The molecular formula is C20H28O3. The van der Waals surface area contributed by atoms with Crippen molar-refractivity contribution >= 4 is 12.1 Å². The van der Waals surface area contributed by atoms with Crippen molar-refractivity contribution in [2.24, 2.45) is 17.3 Å². The molecule has 0 unspecified atom stereocenters. The first-order valence-electron chi connectivity index (χ1n) is 8.85. The molecule has 2 bridgehead atoms. The van der Waals surface area contributed by atoms with E-state index >= 15 is 0 Å². The monoisotopic (exact) mass is 316 g/mol. The minimum Gasteiger partial charge on any atom is -0.358 e. The Morgan fingerprint density at radius 1 is 1.26 bits per heavy atom. The second-order valence-corrected chi connectivity index (χ2v) is 8.18. The van der Waals surface area contributed by atoms with Crippen LogP contribution in [0.4, 0.5) is 0 Å². The summed E-state index contributed by atoms with van der Waals surface area (Å²) in [5.41, 5.74) is 1.59. The summed E-state index contributed by atoms with van der Waals surface area (Å²) in [6.45, 7) is 8.58. The Hall–Kier alpha value is -1.22. The molecule has 0 radical (unpaired) electrons. The number of ether oxygens (including phenoxy) is 1. The van der Waals surface area contributed by atoms with Crippen LogP contribution in [-0.2, 0) is 14.3 Å². The third-order valence-corrected chi connectivity index (χ3v) is 6.60. The van der Waals surface area contributed by atoms with Crippen molar-refractivity contribution in [3.63, 3.8) is 0 Å². The number of fused-ring (bicyclic) bond motifs is 3. The summed E-state index contributed by atoms with van der Waals surface area (Å²) in [4.78, 5) is 24.9. The fourth-order valence-corrected chi connectivity index (χ4v) is 4.33. The molecule has 3 heteroatoms. The summed E-state index contributed by atoms with van der Waals surface area (Å²) in [5, 5.41) is 0. The van der Waals surface area contributed by atoms with Gasteiger partial charge >= 0.3 is 0 Å². The first kappa shape index (κ1) is 16.6. The van der Waals surface area contributed by atoms with Gasteiger partial charge in [0.2, 0.25) is 0 Å². The molecule has 5 atom stereocenters. The highest BCUT2D eigenvalue weighted by Crippen LogP contribution is 2.51. The summed E-state index contributed by atoms with van der Waals surface area (Å²) in [6.07, 6.45) is 9.56. The smallest absolute Gasteiger partial charge is 0.190 e. The Morgan fingerprint density at radius 3 is 2.70 bits per heavy atom. The van der Waals surface area contributed by atoms with Crippen molar-refractivity contribution in [1.82, 2.24) is 0 Å². The van der Waals surface area contributed by atoms with Gasteiger partial charge in [0, 0.05) is 11.5 Å². The van der Waals surface area contributed by atoms with Gasteiger partial charge in [-0.15, -0.1) is 0 Å². The highest BCUT2D eigenvalue weighted by Gasteiger charge is 2.58. The number of epoxide rings is 1. The molecular weight excluding hydrogens is 288 g/mol. The van der Waals surface area contributed by atoms with E-state index in [0.717, 1.165) is 38.4 Å². The van der Waals surface area contributed by atoms with Crippen LogP contribution in [0, 0.1) is 17.3 Å². The van der Waals surface area contributed by atoms with Gasteiger partial charge < -0.3 is 9.53 Å². The van der Waals surface area contributed by atoms with Crippen LogP contribution in [0.5, 0.6) is 0 Å². The number of aldehydes is 1. The minimum absolute atomic E-state index is 0.0454. The Kier molecular flexibility index (Phi) is 4.12. The zero-order valence-corrected chi connectivity index (χ0v) is 14.7. The molecule has 126 valence electrons. The Bertz CT molecular complexity index is 588. The molecule has 0 amide bonds. The van der Waals surface area contributed by atoms with Gasteiger partial charge in [-0.05, 0) is 57.3 Å². The highest BCUT2D eigenvalue weighted by atomic mass is 16.6. The van der Waals surface area contributed by atoms with Crippen LogP contribution in [-0.4, -0.2) is 23.8 Å². The van der Waals surface area contributed by atoms with E-state index in [4.69, 9.17) is 4.74 Å². The second kappa shape index (κ2) is 5.70. The summed E-state index contributed by atoms with van der Waals surface area (Å²) >= 11 is 0. The number of rotatable bonds is 1. The van der Waals surface area contributed by atoms with Crippen LogP contribution in [0.25, 0.3) is 0 Å². The third kappa shape index (κ3) is 2.73. The fraction of sp³-hybridized carbons (Fsp3) is 0.700. The summed E-state index contributed by atoms with van der Waals surface area (Å²) in [5.74, 6) is 0.139. The van der Waals surface area contributed by atoms with Crippen LogP contribution < -0.4 is 0 Å². The Labute approximate surface area is 139 Å². The van der Waals surface area contributed by atoms with Crippen molar-refractivity contribution in [3.05, 3.63) is 23.3 Å². The molecule has 3 aliphatic rings. The molecule has 0 aromatic heterocycles. The van der Waals surface area contributed by atoms with E-state index in [1.54, 1.807) is 0 Å². The molecule has 1 fully saturated rings.